The van der Waals surface area contributed by atoms with Crippen molar-refractivity contribution in [3.63, 3.8) is 0 Å². The van der Waals surface area contributed by atoms with Gasteiger partial charge in [0.05, 0.1) is 19.7 Å². The van der Waals surface area contributed by atoms with Crippen LogP contribution >= 0.6 is 12.4 Å². The van der Waals surface area contributed by atoms with Crippen LogP contribution in [0.1, 0.15) is 18.6 Å². The minimum Gasteiger partial charge on any atom is -0.370 e. The summed E-state index contributed by atoms with van der Waals surface area (Å²) in [7, 11) is 0. The average Bonchev–Trinajstić information content (AvgIpc) is 2.58. The van der Waals surface area contributed by atoms with E-state index in [1.165, 1.54) is 12.1 Å². The van der Waals surface area contributed by atoms with Gasteiger partial charge in [0, 0.05) is 32.2 Å². The third-order valence-electron chi connectivity index (χ3n) is 4.64. The second-order valence-corrected chi connectivity index (χ2v) is 6.27. The molecule has 0 aliphatic carbocycles. The average molecular weight is 358 g/mol. The number of carbonyl (C=O) groups is 1. The molecule has 134 valence electrons. The van der Waals surface area contributed by atoms with Crippen LogP contribution in [0.25, 0.3) is 0 Å². The van der Waals surface area contributed by atoms with Crippen molar-refractivity contribution >= 4 is 18.3 Å². The molecule has 0 bridgehead atoms. The van der Waals surface area contributed by atoms with Crippen molar-refractivity contribution in [2.45, 2.75) is 19.1 Å². The van der Waals surface area contributed by atoms with Gasteiger partial charge in [0.25, 0.3) is 0 Å². The molecular weight excluding hydrogens is 333 g/mol. The number of hydrogen-bond donors (Lipinski definition) is 1. The van der Waals surface area contributed by atoms with E-state index in [9.17, 15) is 9.18 Å². The molecule has 1 unspecified atom stereocenters. The van der Waals surface area contributed by atoms with Crippen molar-refractivity contribution in [1.82, 2.24) is 15.1 Å². The first-order valence-corrected chi connectivity index (χ1v) is 8.23. The van der Waals surface area contributed by atoms with Gasteiger partial charge in [-0.1, -0.05) is 12.1 Å². The molecular formula is C17H25ClFN3O2. The number of rotatable bonds is 3. The molecule has 0 saturated carbocycles. The Kier molecular flexibility index (Phi) is 6.98. The number of hydrogen-bond acceptors (Lipinski definition) is 4. The molecule has 0 spiro atoms. The van der Waals surface area contributed by atoms with E-state index in [1.807, 2.05) is 4.90 Å². The number of morpholine rings is 1. The van der Waals surface area contributed by atoms with Crippen LogP contribution in [0.5, 0.6) is 0 Å². The van der Waals surface area contributed by atoms with Crippen LogP contribution in [0, 0.1) is 5.82 Å². The molecule has 7 heteroatoms. The Bertz CT molecular complexity index is 543. The van der Waals surface area contributed by atoms with Gasteiger partial charge in [-0.15, -0.1) is 12.4 Å². The summed E-state index contributed by atoms with van der Waals surface area (Å²) in [6.07, 6.45) is -0.172. The first kappa shape index (κ1) is 19.1. The van der Waals surface area contributed by atoms with Crippen molar-refractivity contribution in [2.24, 2.45) is 0 Å². The highest BCUT2D eigenvalue weighted by Gasteiger charge is 2.28. The topological polar surface area (TPSA) is 44.8 Å². The number of ether oxygens (including phenoxy) is 1. The molecule has 1 aromatic rings. The molecule has 0 radical (unpaired) electrons. The summed E-state index contributed by atoms with van der Waals surface area (Å²) in [5.74, 6) is -0.112. The van der Waals surface area contributed by atoms with Gasteiger partial charge in [-0.25, -0.2) is 4.39 Å². The molecule has 2 aliphatic heterocycles. The van der Waals surface area contributed by atoms with Gasteiger partial charge in [0.1, 0.15) is 11.9 Å². The van der Waals surface area contributed by atoms with E-state index in [4.69, 9.17) is 4.74 Å². The van der Waals surface area contributed by atoms with Crippen LogP contribution in [-0.2, 0) is 9.53 Å². The van der Waals surface area contributed by atoms with Gasteiger partial charge in [-0.3, -0.25) is 9.69 Å². The van der Waals surface area contributed by atoms with Crippen molar-refractivity contribution in [3.05, 3.63) is 35.6 Å². The van der Waals surface area contributed by atoms with E-state index in [-0.39, 0.29) is 30.2 Å². The molecule has 2 fully saturated rings. The van der Waals surface area contributed by atoms with Crippen molar-refractivity contribution in [3.8, 4) is 0 Å². The second-order valence-electron chi connectivity index (χ2n) is 6.27. The summed E-state index contributed by atoms with van der Waals surface area (Å²) in [6, 6.07) is 6.70. The first-order valence-electron chi connectivity index (χ1n) is 8.23. The zero-order valence-electron chi connectivity index (χ0n) is 13.9. The quantitative estimate of drug-likeness (QED) is 0.889. The van der Waals surface area contributed by atoms with Crippen LogP contribution in [0.15, 0.2) is 24.3 Å². The normalized spacial score (nSPS) is 25.2. The lowest BCUT2D eigenvalue weighted by molar-refractivity contribution is -0.140. The molecule has 2 aliphatic rings. The number of nitrogens with zero attached hydrogens (tertiary/aromatic N) is 2. The van der Waals surface area contributed by atoms with Gasteiger partial charge in [-0.2, -0.15) is 0 Å². The van der Waals surface area contributed by atoms with Gasteiger partial charge in [0.2, 0.25) is 5.91 Å². The van der Waals surface area contributed by atoms with E-state index < -0.39 is 0 Å². The Labute approximate surface area is 148 Å². The molecule has 5 nitrogen and oxygen atoms in total. The fourth-order valence-corrected chi connectivity index (χ4v) is 3.15. The summed E-state index contributed by atoms with van der Waals surface area (Å²) in [5.41, 5.74) is 0.916. The molecule has 2 saturated heterocycles. The van der Waals surface area contributed by atoms with Gasteiger partial charge >= 0.3 is 0 Å². The SMILES string of the molecule is C[C@H]1CNCCN1CC(=O)N1CCOC(c2ccc(F)cc2)C1.Cl. The summed E-state index contributed by atoms with van der Waals surface area (Å²) >= 11 is 0. The number of amides is 1. The minimum absolute atomic E-state index is 0. The van der Waals surface area contributed by atoms with Gasteiger partial charge in [-0.05, 0) is 24.6 Å². The summed E-state index contributed by atoms with van der Waals surface area (Å²) in [6.45, 7) is 7.03. The lowest BCUT2D eigenvalue weighted by Crippen LogP contribution is -2.54. The smallest absolute Gasteiger partial charge is 0.236 e. The summed E-state index contributed by atoms with van der Waals surface area (Å²) < 4.78 is 18.8. The standard InChI is InChI=1S/C17H24FN3O2.ClH/c1-13-10-19-6-7-20(13)12-17(22)21-8-9-23-16(11-21)14-2-4-15(18)5-3-14;/h2-5,13,16,19H,6-12H2,1H3;1H/t13-,16?;/m0./s1. The lowest BCUT2D eigenvalue weighted by atomic mass is 10.1. The third-order valence-corrected chi connectivity index (χ3v) is 4.64. The third kappa shape index (κ3) is 4.66. The van der Waals surface area contributed by atoms with Crippen molar-refractivity contribution < 1.29 is 13.9 Å². The predicted octanol–water partition coefficient (Wildman–Crippen LogP) is 1.44. The fourth-order valence-electron chi connectivity index (χ4n) is 3.15. The molecule has 1 aromatic carbocycles. The van der Waals surface area contributed by atoms with Crippen molar-refractivity contribution in [2.75, 3.05) is 45.9 Å². The van der Waals surface area contributed by atoms with Crippen LogP contribution in [0.4, 0.5) is 4.39 Å². The molecule has 0 aromatic heterocycles. The molecule has 3 rings (SSSR count). The zero-order valence-corrected chi connectivity index (χ0v) is 14.7. The minimum atomic E-state index is -0.259. The molecule has 1 amide bonds. The van der Waals surface area contributed by atoms with E-state index in [2.05, 4.69) is 17.1 Å². The highest BCUT2D eigenvalue weighted by molar-refractivity contribution is 5.85. The number of nitrogens with one attached hydrogen (secondary N) is 1. The van der Waals surface area contributed by atoms with Crippen molar-refractivity contribution in [1.29, 1.82) is 0 Å². The second kappa shape index (κ2) is 8.76. The maximum absolute atomic E-state index is 13.0. The Morgan fingerprint density at radius 1 is 1.33 bits per heavy atom. The fraction of sp³-hybridized carbons (Fsp3) is 0.588. The van der Waals surface area contributed by atoms with Gasteiger partial charge in [0.15, 0.2) is 0 Å². The molecule has 2 atom stereocenters. The Hall–Kier alpha value is -1.21. The molecule has 24 heavy (non-hydrogen) atoms. The molecule has 1 N–H and O–H groups in total. The van der Waals surface area contributed by atoms with Crippen LogP contribution in [0.2, 0.25) is 0 Å². The van der Waals surface area contributed by atoms with E-state index in [0.29, 0.717) is 32.3 Å². The maximum atomic E-state index is 13.0. The summed E-state index contributed by atoms with van der Waals surface area (Å²) in [5, 5.41) is 3.33. The zero-order chi connectivity index (χ0) is 16.2. The van der Waals surface area contributed by atoms with E-state index in [0.717, 1.165) is 25.2 Å². The Morgan fingerprint density at radius 2 is 2.08 bits per heavy atom. The maximum Gasteiger partial charge on any atom is 0.236 e. The van der Waals surface area contributed by atoms with E-state index >= 15 is 0 Å². The van der Waals surface area contributed by atoms with Gasteiger partial charge < -0.3 is 15.0 Å². The van der Waals surface area contributed by atoms with Crippen LogP contribution < -0.4 is 5.32 Å². The number of piperazine rings is 1. The number of halogens is 2. The highest BCUT2D eigenvalue weighted by atomic mass is 35.5. The lowest BCUT2D eigenvalue weighted by Gasteiger charge is -2.37. The van der Waals surface area contributed by atoms with Crippen LogP contribution in [-0.4, -0.2) is 67.6 Å². The monoisotopic (exact) mass is 357 g/mol. The predicted molar refractivity (Wildman–Crippen MR) is 92.8 cm³/mol. The largest absolute Gasteiger partial charge is 0.370 e. The Balaban J connectivity index is 0.00000208. The Morgan fingerprint density at radius 3 is 2.79 bits per heavy atom. The number of carbonyl (C=O) groups excluding carboxylic acids is 1. The number of benzene rings is 1. The molecule has 2 heterocycles. The first-order chi connectivity index (χ1) is 11.1. The summed E-state index contributed by atoms with van der Waals surface area (Å²) in [4.78, 5) is 16.7. The highest BCUT2D eigenvalue weighted by Crippen LogP contribution is 2.22. The van der Waals surface area contributed by atoms with Crippen LogP contribution in [0.3, 0.4) is 0 Å². The van der Waals surface area contributed by atoms with E-state index in [1.54, 1.807) is 12.1 Å².